The van der Waals surface area contributed by atoms with Gasteiger partial charge in [0.25, 0.3) is 0 Å². The van der Waals surface area contributed by atoms with Gasteiger partial charge in [0, 0.05) is 5.38 Å². The third-order valence-electron chi connectivity index (χ3n) is 2.34. The number of benzene rings is 1. The normalized spacial score (nSPS) is 10.6. The van der Waals surface area contributed by atoms with Gasteiger partial charge >= 0.3 is 0 Å². The van der Waals surface area contributed by atoms with Crippen LogP contribution in [0.1, 0.15) is 24.0 Å². The molecule has 0 saturated carbocycles. The summed E-state index contributed by atoms with van der Waals surface area (Å²) in [6, 6.07) is 4.61. The topological polar surface area (TPSA) is 22.1 Å². The predicted molar refractivity (Wildman–Crippen MR) is 74.5 cm³/mol. The molecule has 5 heteroatoms. The lowest BCUT2D eigenvalue weighted by Crippen LogP contribution is -1.96. The van der Waals surface area contributed by atoms with Gasteiger partial charge in [0.15, 0.2) is 0 Å². The molecule has 96 valence electrons. The van der Waals surface area contributed by atoms with Crippen molar-refractivity contribution in [3.8, 4) is 5.75 Å². The van der Waals surface area contributed by atoms with E-state index in [2.05, 4.69) is 27.8 Å². The monoisotopic (exact) mass is 329 g/mol. The molecule has 18 heavy (non-hydrogen) atoms. The minimum atomic E-state index is -0.291. The molecule has 0 fully saturated rings. The van der Waals surface area contributed by atoms with Crippen LogP contribution < -0.4 is 4.74 Å². The van der Waals surface area contributed by atoms with Crippen LogP contribution in [0.4, 0.5) is 4.39 Å². The van der Waals surface area contributed by atoms with Gasteiger partial charge in [-0.1, -0.05) is 6.92 Å². The molecule has 0 aliphatic heterocycles. The molecule has 1 heterocycles. The van der Waals surface area contributed by atoms with E-state index >= 15 is 0 Å². The lowest BCUT2D eigenvalue weighted by atomic mass is 10.3. The minimum Gasteiger partial charge on any atom is -0.487 e. The Morgan fingerprint density at radius 1 is 1.44 bits per heavy atom. The van der Waals surface area contributed by atoms with Crippen molar-refractivity contribution in [2.45, 2.75) is 26.4 Å². The van der Waals surface area contributed by atoms with Gasteiger partial charge in [0.1, 0.15) is 18.2 Å². The van der Waals surface area contributed by atoms with E-state index < -0.39 is 0 Å². The first kappa shape index (κ1) is 13.5. The number of aryl methyl sites for hydroxylation is 1. The highest BCUT2D eigenvalue weighted by Gasteiger charge is 2.04. The van der Waals surface area contributed by atoms with Crippen LogP contribution in [-0.2, 0) is 13.0 Å². The summed E-state index contributed by atoms with van der Waals surface area (Å²) >= 11 is 4.78. The van der Waals surface area contributed by atoms with Crippen molar-refractivity contribution in [2.75, 3.05) is 0 Å². The fourth-order valence-electron chi connectivity index (χ4n) is 1.47. The van der Waals surface area contributed by atoms with E-state index in [4.69, 9.17) is 4.74 Å². The summed E-state index contributed by atoms with van der Waals surface area (Å²) in [5.41, 5.74) is 0.920. The zero-order chi connectivity index (χ0) is 13.0. The van der Waals surface area contributed by atoms with Crippen LogP contribution in [0.25, 0.3) is 0 Å². The van der Waals surface area contributed by atoms with Crippen LogP contribution in [0, 0.1) is 5.82 Å². The third kappa shape index (κ3) is 3.53. The van der Waals surface area contributed by atoms with E-state index in [1.54, 1.807) is 23.5 Å². The summed E-state index contributed by atoms with van der Waals surface area (Å²) in [6.45, 7) is 2.55. The van der Waals surface area contributed by atoms with Gasteiger partial charge in [0.05, 0.1) is 15.2 Å². The van der Waals surface area contributed by atoms with E-state index in [1.165, 1.54) is 6.07 Å². The summed E-state index contributed by atoms with van der Waals surface area (Å²) in [5, 5.41) is 3.14. The lowest BCUT2D eigenvalue weighted by Gasteiger charge is -2.04. The largest absolute Gasteiger partial charge is 0.487 e. The van der Waals surface area contributed by atoms with Gasteiger partial charge < -0.3 is 4.74 Å². The standard InChI is InChI=1S/C13H13BrFNOS/c1-2-3-13-16-9(8-18-13)7-17-10-4-5-12(15)11(14)6-10/h4-6,8H,2-3,7H2,1H3. The number of ether oxygens (including phenoxy) is 1. The Kier molecular flexibility index (Phi) is 4.72. The van der Waals surface area contributed by atoms with Crippen LogP contribution >= 0.6 is 27.3 Å². The lowest BCUT2D eigenvalue weighted by molar-refractivity contribution is 0.301. The first-order valence-corrected chi connectivity index (χ1v) is 7.37. The third-order valence-corrected chi connectivity index (χ3v) is 3.91. The molecule has 0 N–H and O–H groups in total. The quantitative estimate of drug-likeness (QED) is 0.801. The van der Waals surface area contributed by atoms with Gasteiger partial charge in [-0.05, 0) is 47.0 Å². The number of hydrogen-bond donors (Lipinski definition) is 0. The highest BCUT2D eigenvalue weighted by molar-refractivity contribution is 9.10. The number of nitrogens with zero attached hydrogens (tertiary/aromatic N) is 1. The molecule has 0 aliphatic carbocycles. The zero-order valence-corrected chi connectivity index (χ0v) is 12.4. The predicted octanol–water partition coefficient (Wildman–Crippen LogP) is 4.58. The van der Waals surface area contributed by atoms with E-state index in [-0.39, 0.29) is 5.82 Å². The molecule has 1 aromatic carbocycles. The molecule has 0 aliphatic rings. The van der Waals surface area contributed by atoms with E-state index in [0.717, 1.165) is 23.5 Å². The maximum atomic E-state index is 13.0. The van der Waals surface area contributed by atoms with Gasteiger partial charge in [-0.25, -0.2) is 9.37 Å². The second-order valence-electron chi connectivity index (χ2n) is 3.85. The van der Waals surface area contributed by atoms with E-state index in [1.807, 2.05) is 5.38 Å². The highest BCUT2D eigenvalue weighted by atomic mass is 79.9. The van der Waals surface area contributed by atoms with Gasteiger partial charge in [-0.15, -0.1) is 11.3 Å². The first-order valence-electron chi connectivity index (χ1n) is 5.70. The van der Waals surface area contributed by atoms with Crippen LogP contribution in [0.3, 0.4) is 0 Å². The Bertz CT molecular complexity index is 529. The first-order chi connectivity index (χ1) is 8.69. The number of rotatable bonds is 5. The van der Waals surface area contributed by atoms with Crippen LogP contribution in [0.2, 0.25) is 0 Å². The van der Waals surface area contributed by atoms with Crippen LogP contribution in [0.5, 0.6) is 5.75 Å². The fraction of sp³-hybridized carbons (Fsp3) is 0.308. The van der Waals surface area contributed by atoms with Crippen molar-refractivity contribution in [3.05, 3.63) is 44.6 Å². The van der Waals surface area contributed by atoms with E-state index in [0.29, 0.717) is 16.8 Å². The smallest absolute Gasteiger partial charge is 0.137 e. The maximum Gasteiger partial charge on any atom is 0.137 e. The summed E-state index contributed by atoms with van der Waals surface area (Å²) in [7, 11) is 0. The number of aromatic nitrogens is 1. The Morgan fingerprint density at radius 2 is 2.28 bits per heavy atom. The highest BCUT2D eigenvalue weighted by Crippen LogP contribution is 2.22. The molecule has 2 rings (SSSR count). The summed E-state index contributed by atoms with van der Waals surface area (Å²) < 4.78 is 19.0. The molecule has 0 atom stereocenters. The Hall–Kier alpha value is -0.940. The van der Waals surface area contributed by atoms with E-state index in [9.17, 15) is 4.39 Å². The molecule has 0 amide bonds. The molecular weight excluding hydrogens is 317 g/mol. The van der Waals surface area contributed by atoms with Crippen molar-refractivity contribution in [1.82, 2.24) is 4.98 Å². The van der Waals surface area contributed by atoms with Crippen molar-refractivity contribution < 1.29 is 9.13 Å². The zero-order valence-electron chi connectivity index (χ0n) is 9.95. The minimum absolute atomic E-state index is 0.291. The molecule has 0 radical (unpaired) electrons. The Labute approximate surface area is 118 Å². The van der Waals surface area contributed by atoms with Crippen LogP contribution in [-0.4, -0.2) is 4.98 Å². The molecule has 0 spiro atoms. The van der Waals surface area contributed by atoms with Crippen molar-refractivity contribution in [1.29, 1.82) is 0 Å². The summed E-state index contributed by atoms with van der Waals surface area (Å²) in [4.78, 5) is 4.46. The van der Waals surface area contributed by atoms with Gasteiger partial charge in [-0.2, -0.15) is 0 Å². The number of hydrogen-bond acceptors (Lipinski definition) is 3. The average molecular weight is 330 g/mol. The molecule has 2 aromatic rings. The average Bonchev–Trinajstić information content (AvgIpc) is 2.79. The molecule has 0 saturated heterocycles. The number of halogens is 2. The Balaban J connectivity index is 1.95. The second-order valence-corrected chi connectivity index (χ2v) is 5.64. The molecule has 0 unspecified atom stereocenters. The van der Waals surface area contributed by atoms with Gasteiger partial charge in [-0.3, -0.25) is 0 Å². The SMILES string of the molecule is CCCc1nc(COc2ccc(F)c(Br)c2)cs1. The molecular formula is C13H13BrFNOS. The summed E-state index contributed by atoms with van der Waals surface area (Å²) in [5.74, 6) is 0.342. The van der Waals surface area contributed by atoms with Crippen LogP contribution in [0.15, 0.2) is 28.1 Å². The Morgan fingerprint density at radius 3 is 3.00 bits per heavy atom. The second kappa shape index (κ2) is 6.29. The fourth-order valence-corrected chi connectivity index (χ4v) is 2.71. The van der Waals surface area contributed by atoms with Crippen molar-refractivity contribution in [2.24, 2.45) is 0 Å². The molecule has 1 aromatic heterocycles. The maximum absolute atomic E-state index is 13.0. The van der Waals surface area contributed by atoms with Crippen molar-refractivity contribution >= 4 is 27.3 Å². The number of thiazole rings is 1. The molecule has 2 nitrogen and oxygen atoms in total. The summed E-state index contributed by atoms with van der Waals surface area (Å²) in [6.07, 6.45) is 2.10. The van der Waals surface area contributed by atoms with Crippen molar-refractivity contribution in [3.63, 3.8) is 0 Å². The molecule has 0 bridgehead atoms. The van der Waals surface area contributed by atoms with Gasteiger partial charge in [0.2, 0.25) is 0 Å².